The summed E-state index contributed by atoms with van der Waals surface area (Å²) in [5.74, 6) is -2.09. The van der Waals surface area contributed by atoms with E-state index in [4.69, 9.17) is 0 Å². The van der Waals surface area contributed by atoms with Gasteiger partial charge in [0.1, 0.15) is 12.1 Å². The lowest BCUT2D eigenvalue weighted by atomic mass is 9.87. The number of sulfonamides is 1. The predicted octanol–water partition coefficient (Wildman–Crippen LogP) is 2.08. The second-order valence-electron chi connectivity index (χ2n) is 11.4. The normalized spacial score (nSPS) is 22.9. The molecule has 2 aliphatic heterocycles. The lowest BCUT2D eigenvalue weighted by molar-refractivity contribution is -0.145. The SMILES string of the molecule is CC[C@@H]1CCN(C(=O)[C@@H](NS(C)(=O)=O)C(C)C)[C@H](C(=O)N[C@@H](C[C@@H]2CCNC2=O)C(=O)c2nc3ccccc3s2)C1. The van der Waals surface area contributed by atoms with Gasteiger partial charge in [-0.15, -0.1) is 11.3 Å². The minimum Gasteiger partial charge on any atom is -0.356 e. The molecule has 2 saturated heterocycles. The van der Waals surface area contributed by atoms with Gasteiger partial charge < -0.3 is 15.5 Å². The van der Waals surface area contributed by atoms with Gasteiger partial charge in [0.05, 0.1) is 22.5 Å². The number of thiazole rings is 1. The van der Waals surface area contributed by atoms with Crippen LogP contribution in [-0.2, 0) is 24.4 Å². The monoisotopic (exact) mass is 605 g/mol. The van der Waals surface area contributed by atoms with Crippen LogP contribution < -0.4 is 15.4 Å². The molecule has 41 heavy (non-hydrogen) atoms. The van der Waals surface area contributed by atoms with E-state index in [9.17, 15) is 27.6 Å². The van der Waals surface area contributed by atoms with Gasteiger partial charge in [0, 0.05) is 19.0 Å². The van der Waals surface area contributed by atoms with E-state index < -0.39 is 45.9 Å². The van der Waals surface area contributed by atoms with Crippen LogP contribution in [-0.4, -0.2) is 79.3 Å². The van der Waals surface area contributed by atoms with Crippen LogP contribution in [0.2, 0.25) is 0 Å². The van der Waals surface area contributed by atoms with Crippen molar-refractivity contribution in [2.75, 3.05) is 19.3 Å². The topological polar surface area (TPSA) is 155 Å². The highest BCUT2D eigenvalue weighted by Crippen LogP contribution is 2.29. The van der Waals surface area contributed by atoms with Gasteiger partial charge >= 0.3 is 0 Å². The van der Waals surface area contributed by atoms with E-state index in [0.717, 1.165) is 17.4 Å². The standard InChI is InChI=1S/C28H39N5O6S2/c1-5-17-11-13-33(28(37)23(16(2)3)32-41(4,38)39)21(14-17)26(36)30-20(15-18-10-12-29-25(18)35)24(34)27-31-19-8-6-7-9-22(19)40-27/h6-9,16-18,20-21,23,32H,5,10-15H2,1-4H3,(H,29,35)(H,30,36)/t17-,18+,20+,21+,23+/m1/s1. The Morgan fingerprint density at radius 2 is 1.93 bits per heavy atom. The van der Waals surface area contributed by atoms with Crippen LogP contribution in [0.3, 0.4) is 0 Å². The van der Waals surface area contributed by atoms with Gasteiger partial charge in [-0.25, -0.2) is 18.1 Å². The first-order valence-corrected chi connectivity index (χ1v) is 16.8. The van der Waals surface area contributed by atoms with Crippen LogP contribution in [0.25, 0.3) is 10.2 Å². The van der Waals surface area contributed by atoms with Crippen molar-refractivity contribution in [1.29, 1.82) is 0 Å². The number of Topliss-reactive ketones (excluding diaryl/α,β-unsaturated/α-hetero) is 1. The molecule has 2 fully saturated rings. The van der Waals surface area contributed by atoms with Gasteiger partial charge in [0.15, 0.2) is 5.01 Å². The number of aromatic nitrogens is 1. The van der Waals surface area contributed by atoms with Gasteiger partial charge in [0.25, 0.3) is 0 Å². The van der Waals surface area contributed by atoms with Gasteiger partial charge in [-0.05, 0) is 49.7 Å². The second-order valence-corrected chi connectivity index (χ2v) is 14.2. The van der Waals surface area contributed by atoms with E-state index in [1.165, 1.54) is 16.2 Å². The highest BCUT2D eigenvalue weighted by atomic mass is 32.2. The van der Waals surface area contributed by atoms with Crippen molar-refractivity contribution in [2.24, 2.45) is 17.8 Å². The third kappa shape index (κ3) is 7.49. The molecule has 0 unspecified atom stereocenters. The number of fused-ring (bicyclic) bond motifs is 1. The lowest BCUT2D eigenvalue weighted by Gasteiger charge is -2.41. The molecule has 5 atom stereocenters. The first-order chi connectivity index (χ1) is 19.4. The maximum atomic E-state index is 13.9. The Bertz CT molecular complexity index is 1370. The van der Waals surface area contributed by atoms with E-state index in [1.54, 1.807) is 13.8 Å². The summed E-state index contributed by atoms with van der Waals surface area (Å²) >= 11 is 1.23. The Morgan fingerprint density at radius 3 is 2.54 bits per heavy atom. The Balaban J connectivity index is 1.62. The van der Waals surface area contributed by atoms with E-state index in [0.29, 0.717) is 37.9 Å². The zero-order valence-electron chi connectivity index (χ0n) is 23.9. The fourth-order valence-electron chi connectivity index (χ4n) is 5.58. The minimum atomic E-state index is -3.68. The van der Waals surface area contributed by atoms with Crippen molar-refractivity contribution in [3.05, 3.63) is 29.3 Å². The molecular weight excluding hydrogens is 566 g/mol. The summed E-state index contributed by atoms with van der Waals surface area (Å²) in [4.78, 5) is 59.7. The van der Waals surface area contributed by atoms with E-state index >= 15 is 0 Å². The van der Waals surface area contributed by atoms with Crippen molar-refractivity contribution in [3.8, 4) is 0 Å². The fraction of sp³-hybridized carbons (Fsp3) is 0.607. The Labute approximate surface area is 244 Å². The number of carbonyl (C=O) groups excluding carboxylic acids is 4. The summed E-state index contributed by atoms with van der Waals surface area (Å²) < 4.78 is 27.3. The molecule has 3 amide bonds. The second kappa shape index (κ2) is 13.0. The summed E-state index contributed by atoms with van der Waals surface area (Å²) in [5.41, 5.74) is 0.678. The third-order valence-corrected chi connectivity index (χ3v) is 9.70. The molecule has 1 aromatic carbocycles. The average Bonchev–Trinajstić information content (AvgIpc) is 3.55. The molecule has 1 aromatic heterocycles. The number of likely N-dealkylation sites (tertiary alicyclic amines) is 1. The first kappa shape index (κ1) is 31.0. The van der Waals surface area contributed by atoms with E-state index in [-0.39, 0.29) is 35.0 Å². The molecule has 11 nitrogen and oxygen atoms in total. The van der Waals surface area contributed by atoms with Crippen molar-refractivity contribution in [2.45, 2.75) is 71.0 Å². The number of rotatable bonds is 11. The summed E-state index contributed by atoms with van der Waals surface area (Å²) in [5, 5.41) is 5.92. The van der Waals surface area contributed by atoms with Gasteiger partial charge in [-0.1, -0.05) is 39.3 Å². The van der Waals surface area contributed by atoms with Gasteiger partial charge in [-0.3, -0.25) is 19.2 Å². The summed E-state index contributed by atoms with van der Waals surface area (Å²) in [6.07, 6.45) is 3.57. The Hall–Kier alpha value is -2.90. The van der Waals surface area contributed by atoms with Crippen LogP contribution in [0.5, 0.6) is 0 Å². The van der Waals surface area contributed by atoms with Crippen LogP contribution in [0, 0.1) is 17.8 Å². The van der Waals surface area contributed by atoms with Crippen molar-refractivity contribution in [1.82, 2.24) is 25.2 Å². The molecule has 13 heteroatoms. The third-order valence-electron chi connectivity index (χ3n) is 7.97. The smallest absolute Gasteiger partial charge is 0.243 e. The fourth-order valence-corrected chi connectivity index (χ4v) is 7.38. The van der Waals surface area contributed by atoms with E-state index in [2.05, 4.69) is 20.3 Å². The quantitative estimate of drug-likeness (QED) is 0.331. The lowest BCUT2D eigenvalue weighted by Crippen LogP contribution is -2.60. The maximum Gasteiger partial charge on any atom is 0.243 e. The first-order valence-electron chi connectivity index (χ1n) is 14.1. The molecule has 3 N–H and O–H groups in total. The van der Waals surface area contributed by atoms with Crippen LogP contribution in [0.1, 0.15) is 62.7 Å². The molecule has 0 spiro atoms. The molecule has 2 aliphatic rings. The Morgan fingerprint density at radius 1 is 1.20 bits per heavy atom. The number of para-hydroxylation sites is 1. The molecule has 2 aromatic rings. The number of carbonyl (C=O) groups is 4. The summed E-state index contributed by atoms with van der Waals surface area (Å²) in [6, 6.07) is 4.46. The maximum absolute atomic E-state index is 13.9. The minimum absolute atomic E-state index is 0.120. The van der Waals surface area contributed by atoms with Gasteiger partial charge in [-0.2, -0.15) is 0 Å². The van der Waals surface area contributed by atoms with Crippen molar-refractivity contribution in [3.63, 3.8) is 0 Å². The summed E-state index contributed by atoms with van der Waals surface area (Å²) in [7, 11) is -3.68. The average molecular weight is 606 g/mol. The highest BCUT2D eigenvalue weighted by molar-refractivity contribution is 7.88. The van der Waals surface area contributed by atoms with Gasteiger partial charge in [0.2, 0.25) is 33.5 Å². The molecule has 3 heterocycles. The molecule has 0 bridgehead atoms. The van der Waals surface area contributed by atoms with Crippen LogP contribution >= 0.6 is 11.3 Å². The van der Waals surface area contributed by atoms with Crippen LogP contribution in [0.4, 0.5) is 0 Å². The highest BCUT2D eigenvalue weighted by Gasteiger charge is 2.41. The van der Waals surface area contributed by atoms with E-state index in [1.807, 2.05) is 31.2 Å². The Kier molecular flexibility index (Phi) is 9.81. The zero-order chi connectivity index (χ0) is 29.9. The molecular formula is C28H39N5O6S2. The largest absolute Gasteiger partial charge is 0.356 e. The number of ketones is 1. The molecule has 0 saturated carbocycles. The molecule has 0 aliphatic carbocycles. The zero-order valence-corrected chi connectivity index (χ0v) is 25.5. The van der Waals surface area contributed by atoms with Crippen LogP contribution in [0.15, 0.2) is 24.3 Å². The van der Waals surface area contributed by atoms with Crippen molar-refractivity contribution < 1.29 is 27.6 Å². The number of nitrogens with zero attached hydrogens (tertiary/aromatic N) is 2. The number of hydrogen-bond acceptors (Lipinski definition) is 8. The number of amides is 3. The molecule has 224 valence electrons. The number of piperidine rings is 1. The molecule has 0 radical (unpaired) electrons. The van der Waals surface area contributed by atoms with Crippen molar-refractivity contribution >= 4 is 55.1 Å². The predicted molar refractivity (Wildman–Crippen MR) is 157 cm³/mol. The number of hydrogen-bond donors (Lipinski definition) is 3. The number of nitrogens with one attached hydrogen (secondary N) is 3. The number of benzene rings is 1. The molecule has 4 rings (SSSR count). The summed E-state index contributed by atoms with van der Waals surface area (Å²) in [6.45, 7) is 6.32.